The molecule has 1 fully saturated rings. The molecule has 4 nitrogen and oxygen atoms in total. The van der Waals surface area contributed by atoms with Gasteiger partial charge in [-0.2, -0.15) is 0 Å². The molecule has 0 saturated heterocycles. The van der Waals surface area contributed by atoms with Crippen LogP contribution in [0.5, 0.6) is 0 Å². The molecule has 2 heterocycles. The highest BCUT2D eigenvalue weighted by Gasteiger charge is 2.32. The Hall–Kier alpha value is -1.00. The highest BCUT2D eigenvalue weighted by molar-refractivity contribution is 5.20. The van der Waals surface area contributed by atoms with Gasteiger partial charge in [0, 0.05) is 25.8 Å². The van der Waals surface area contributed by atoms with E-state index in [2.05, 4.69) is 14.9 Å². The summed E-state index contributed by atoms with van der Waals surface area (Å²) in [6, 6.07) is 0. The zero-order valence-electron chi connectivity index (χ0n) is 11.7. The Bertz CT molecular complexity index is 455. The van der Waals surface area contributed by atoms with Crippen molar-refractivity contribution in [2.45, 2.75) is 57.6 Å². The summed E-state index contributed by atoms with van der Waals surface area (Å²) in [5.74, 6) is 0.844. The lowest BCUT2D eigenvalue weighted by Crippen LogP contribution is -2.46. The van der Waals surface area contributed by atoms with Crippen LogP contribution in [0.3, 0.4) is 0 Å². The van der Waals surface area contributed by atoms with Crippen molar-refractivity contribution >= 4 is 0 Å². The minimum absolute atomic E-state index is 0.460. The van der Waals surface area contributed by atoms with E-state index >= 15 is 0 Å². The lowest BCUT2D eigenvalue weighted by molar-refractivity contribution is -0.0294. The highest BCUT2D eigenvalue weighted by Crippen LogP contribution is 2.30. The number of β-amino-alcohol motifs (C(OH)–C–C–N with tert-alkyl or cyclic N) is 1. The van der Waals surface area contributed by atoms with Crippen LogP contribution < -0.4 is 0 Å². The summed E-state index contributed by atoms with van der Waals surface area (Å²) < 4.78 is 0. The smallest absolute Gasteiger partial charge is 0.125 e. The summed E-state index contributed by atoms with van der Waals surface area (Å²) in [6.07, 6.45) is 8.50. The van der Waals surface area contributed by atoms with Crippen molar-refractivity contribution in [3.63, 3.8) is 0 Å². The minimum Gasteiger partial charge on any atom is -0.389 e. The van der Waals surface area contributed by atoms with E-state index in [-0.39, 0.29) is 0 Å². The first-order chi connectivity index (χ1) is 9.15. The number of fused-ring (bicyclic) bond motifs is 1. The molecule has 3 rings (SSSR count). The molecule has 0 atom stereocenters. The summed E-state index contributed by atoms with van der Waals surface area (Å²) in [7, 11) is 0. The zero-order valence-corrected chi connectivity index (χ0v) is 11.7. The third kappa shape index (κ3) is 2.95. The number of aryl methyl sites for hydroxylation is 1. The standard InChI is InChI=1S/C15H23N3O/c1-12-16-9-13-5-8-18(10-14(13)17-12)11-15(19)6-3-2-4-7-15/h9,19H,2-8,10-11H2,1H3. The Labute approximate surface area is 114 Å². The van der Waals surface area contributed by atoms with Gasteiger partial charge in [0.25, 0.3) is 0 Å². The van der Waals surface area contributed by atoms with E-state index in [1.807, 2.05) is 13.1 Å². The summed E-state index contributed by atoms with van der Waals surface area (Å²) >= 11 is 0. The van der Waals surface area contributed by atoms with Gasteiger partial charge in [-0.3, -0.25) is 4.90 Å². The Kier molecular flexibility index (Phi) is 3.54. The second kappa shape index (κ2) is 5.17. The van der Waals surface area contributed by atoms with Gasteiger partial charge in [-0.15, -0.1) is 0 Å². The van der Waals surface area contributed by atoms with Gasteiger partial charge in [-0.05, 0) is 31.7 Å². The predicted octanol–water partition coefficient (Wildman–Crippen LogP) is 1.84. The van der Waals surface area contributed by atoms with Crippen molar-refractivity contribution in [3.8, 4) is 0 Å². The third-order valence-corrected chi connectivity index (χ3v) is 4.45. The molecule has 1 N–H and O–H groups in total. The van der Waals surface area contributed by atoms with Crippen LogP contribution in [0.15, 0.2) is 6.20 Å². The maximum Gasteiger partial charge on any atom is 0.125 e. The average Bonchev–Trinajstić information content (AvgIpc) is 2.38. The summed E-state index contributed by atoms with van der Waals surface area (Å²) in [6.45, 7) is 4.62. The van der Waals surface area contributed by atoms with Gasteiger partial charge >= 0.3 is 0 Å². The third-order valence-electron chi connectivity index (χ3n) is 4.45. The number of hydrogen-bond donors (Lipinski definition) is 1. The summed E-state index contributed by atoms with van der Waals surface area (Å²) in [4.78, 5) is 11.2. The van der Waals surface area contributed by atoms with Gasteiger partial charge in [0.1, 0.15) is 5.82 Å². The summed E-state index contributed by atoms with van der Waals surface area (Å²) in [5.41, 5.74) is 1.97. The maximum atomic E-state index is 10.7. The van der Waals surface area contributed by atoms with E-state index in [1.165, 1.54) is 24.8 Å². The number of aliphatic hydroxyl groups is 1. The maximum absolute atomic E-state index is 10.7. The van der Waals surface area contributed by atoms with Gasteiger partial charge in [0.15, 0.2) is 0 Å². The van der Waals surface area contributed by atoms with Crippen molar-refractivity contribution < 1.29 is 5.11 Å². The fourth-order valence-corrected chi connectivity index (χ4v) is 3.38. The topological polar surface area (TPSA) is 49.2 Å². The van der Waals surface area contributed by atoms with Crippen LogP contribution in [0, 0.1) is 6.92 Å². The molecule has 0 unspecified atom stereocenters. The first-order valence-electron chi connectivity index (χ1n) is 7.41. The fourth-order valence-electron chi connectivity index (χ4n) is 3.38. The van der Waals surface area contributed by atoms with Crippen LogP contribution in [0.25, 0.3) is 0 Å². The second-order valence-electron chi connectivity index (χ2n) is 6.13. The second-order valence-corrected chi connectivity index (χ2v) is 6.13. The molecule has 4 heteroatoms. The highest BCUT2D eigenvalue weighted by atomic mass is 16.3. The zero-order chi connectivity index (χ0) is 13.3. The molecule has 1 saturated carbocycles. The fraction of sp³-hybridized carbons (Fsp3) is 0.733. The quantitative estimate of drug-likeness (QED) is 0.882. The lowest BCUT2D eigenvalue weighted by Gasteiger charge is -2.38. The van der Waals surface area contributed by atoms with Crippen molar-refractivity contribution in [2.75, 3.05) is 13.1 Å². The van der Waals surface area contributed by atoms with Crippen LogP contribution in [-0.2, 0) is 13.0 Å². The van der Waals surface area contributed by atoms with Gasteiger partial charge in [-0.1, -0.05) is 19.3 Å². The Balaban J connectivity index is 1.68. The van der Waals surface area contributed by atoms with Gasteiger partial charge < -0.3 is 5.11 Å². The molecule has 0 amide bonds. The number of hydrogen-bond acceptors (Lipinski definition) is 4. The molecule has 1 aliphatic carbocycles. The molecule has 1 aromatic rings. The van der Waals surface area contributed by atoms with Gasteiger partial charge in [0.05, 0.1) is 11.3 Å². The van der Waals surface area contributed by atoms with Crippen LogP contribution in [-0.4, -0.2) is 38.7 Å². The van der Waals surface area contributed by atoms with Gasteiger partial charge in [0.2, 0.25) is 0 Å². The molecular formula is C15H23N3O. The van der Waals surface area contributed by atoms with E-state index in [4.69, 9.17) is 0 Å². The predicted molar refractivity (Wildman–Crippen MR) is 73.8 cm³/mol. The Morgan fingerprint density at radius 2 is 2.11 bits per heavy atom. The van der Waals surface area contributed by atoms with E-state index < -0.39 is 5.60 Å². The van der Waals surface area contributed by atoms with E-state index in [0.717, 1.165) is 50.4 Å². The van der Waals surface area contributed by atoms with Crippen molar-refractivity contribution in [3.05, 3.63) is 23.3 Å². The molecule has 0 spiro atoms. The van der Waals surface area contributed by atoms with Gasteiger partial charge in [-0.25, -0.2) is 9.97 Å². The average molecular weight is 261 g/mol. The van der Waals surface area contributed by atoms with Crippen LogP contribution in [0.2, 0.25) is 0 Å². The van der Waals surface area contributed by atoms with Crippen LogP contribution in [0.4, 0.5) is 0 Å². The Morgan fingerprint density at radius 3 is 2.89 bits per heavy atom. The van der Waals surface area contributed by atoms with Crippen molar-refractivity contribution in [1.82, 2.24) is 14.9 Å². The van der Waals surface area contributed by atoms with Crippen molar-refractivity contribution in [2.24, 2.45) is 0 Å². The molecule has 0 aromatic carbocycles. The van der Waals surface area contributed by atoms with Crippen LogP contribution >= 0.6 is 0 Å². The van der Waals surface area contributed by atoms with E-state index in [9.17, 15) is 5.11 Å². The first kappa shape index (κ1) is 13.0. The molecule has 1 aromatic heterocycles. The molecule has 2 aliphatic rings. The Morgan fingerprint density at radius 1 is 1.32 bits per heavy atom. The molecule has 0 bridgehead atoms. The normalized spacial score (nSPS) is 23.1. The number of aromatic nitrogens is 2. The first-order valence-corrected chi connectivity index (χ1v) is 7.41. The van der Waals surface area contributed by atoms with Crippen LogP contribution in [0.1, 0.15) is 49.2 Å². The number of nitrogens with zero attached hydrogens (tertiary/aromatic N) is 3. The molecule has 0 radical (unpaired) electrons. The van der Waals surface area contributed by atoms with E-state index in [0.29, 0.717) is 0 Å². The van der Waals surface area contributed by atoms with E-state index in [1.54, 1.807) is 0 Å². The SMILES string of the molecule is Cc1ncc2c(n1)CN(CC1(O)CCCCC1)CC2. The lowest BCUT2D eigenvalue weighted by atomic mass is 9.84. The largest absolute Gasteiger partial charge is 0.389 e. The van der Waals surface area contributed by atoms with Crippen molar-refractivity contribution in [1.29, 1.82) is 0 Å². The molecule has 19 heavy (non-hydrogen) atoms. The monoisotopic (exact) mass is 261 g/mol. The number of rotatable bonds is 2. The minimum atomic E-state index is -0.460. The summed E-state index contributed by atoms with van der Waals surface area (Å²) in [5, 5.41) is 10.7. The molecular weight excluding hydrogens is 238 g/mol. The molecule has 104 valence electrons. The molecule has 1 aliphatic heterocycles.